The van der Waals surface area contributed by atoms with E-state index in [0.717, 1.165) is 35.7 Å². The van der Waals surface area contributed by atoms with E-state index in [2.05, 4.69) is 48.5 Å². The molecule has 6 rings (SSSR count). The molecule has 5 fully saturated rings. The molecule has 0 saturated heterocycles. The van der Waals surface area contributed by atoms with Gasteiger partial charge in [-0.2, -0.15) is 0 Å². The molecule has 2 heteroatoms. The molecule has 0 radical (unpaired) electrons. The van der Waals surface area contributed by atoms with Crippen LogP contribution in [-0.2, 0) is 4.79 Å². The molecule has 2 nitrogen and oxygen atoms in total. The molecule has 0 aliphatic heterocycles. The Kier molecular flexibility index (Phi) is 6.06. The maximum atomic E-state index is 13.4. The molecule has 1 N–H and O–H groups in total. The summed E-state index contributed by atoms with van der Waals surface area (Å²) in [7, 11) is 0. The van der Waals surface area contributed by atoms with Crippen LogP contribution in [0.1, 0.15) is 132 Å². The van der Waals surface area contributed by atoms with Gasteiger partial charge in [0.25, 0.3) is 0 Å². The van der Waals surface area contributed by atoms with Crippen molar-refractivity contribution >= 4 is 5.78 Å². The van der Waals surface area contributed by atoms with E-state index in [0.29, 0.717) is 34.4 Å². The van der Waals surface area contributed by atoms with Crippen LogP contribution in [0.2, 0.25) is 0 Å². The van der Waals surface area contributed by atoms with Gasteiger partial charge in [0, 0.05) is 11.8 Å². The summed E-state index contributed by atoms with van der Waals surface area (Å²) >= 11 is 0. The smallest absolute Gasteiger partial charge is 0.160 e. The summed E-state index contributed by atoms with van der Waals surface area (Å²) in [6.45, 7) is 17.9. The SMILES string of the molecule is CC(C)C1=C2C3CCC4C5(C)CCC(CCC6CC6)C(C)(C)C5CCC4(C)C3(C)CCC2(CO)CC1=O. The number of allylic oxidation sites excluding steroid dienone is 1. The third kappa shape index (κ3) is 3.48. The fraction of sp³-hybridized carbons (Fsp3) is 0.914. The molecule has 0 spiro atoms. The highest BCUT2D eigenvalue weighted by molar-refractivity contribution is 6.00. The first-order chi connectivity index (χ1) is 17.3. The van der Waals surface area contributed by atoms with E-state index in [1.54, 1.807) is 0 Å². The van der Waals surface area contributed by atoms with Gasteiger partial charge >= 0.3 is 0 Å². The van der Waals surface area contributed by atoms with Crippen molar-refractivity contribution < 1.29 is 9.90 Å². The van der Waals surface area contributed by atoms with Gasteiger partial charge in [0.15, 0.2) is 5.78 Å². The number of ketones is 1. The third-order valence-corrected chi connectivity index (χ3v) is 14.7. The number of rotatable bonds is 5. The van der Waals surface area contributed by atoms with Crippen LogP contribution in [0.4, 0.5) is 0 Å². The molecule has 6 aliphatic rings. The molecule has 0 aromatic carbocycles. The second-order valence-electron chi connectivity index (χ2n) is 16.7. The van der Waals surface area contributed by atoms with E-state index >= 15 is 0 Å². The molecule has 8 atom stereocenters. The summed E-state index contributed by atoms with van der Waals surface area (Å²) in [6, 6.07) is 0. The number of Topliss-reactive ketones (excluding diaryl/α,β-unsaturated/α-hetero) is 1. The lowest BCUT2D eigenvalue weighted by molar-refractivity contribution is -0.222. The Morgan fingerprint density at radius 2 is 1.54 bits per heavy atom. The molecule has 37 heavy (non-hydrogen) atoms. The van der Waals surface area contributed by atoms with Crippen LogP contribution in [0, 0.1) is 62.6 Å². The third-order valence-electron chi connectivity index (χ3n) is 14.7. The number of hydrogen-bond acceptors (Lipinski definition) is 2. The summed E-state index contributed by atoms with van der Waals surface area (Å²) < 4.78 is 0. The van der Waals surface area contributed by atoms with Gasteiger partial charge in [-0.25, -0.2) is 0 Å². The fourth-order valence-electron chi connectivity index (χ4n) is 12.4. The first-order valence-corrected chi connectivity index (χ1v) is 16.2. The summed E-state index contributed by atoms with van der Waals surface area (Å²) in [5.74, 6) is 4.67. The molecule has 8 unspecified atom stereocenters. The first kappa shape index (κ1) is 26.6. The van der Waals surface area contributed by atoms with E-state index < -0.39 is 0 Å². The number of carbonyl (C=O) groups excluding carboxylic acids is 1. The van der Waals surface area contributed by atoms with Crippen molar-refractivity contribution in [3.05, 3.63) is 11.1 Å². The van der Waals surface area contributed by atoms with Crippen molar-refractivity contribution in [2.75, 3.05) is 6.61 Å². The Hall–Kier alpha value is -0.630. The zero-order valence-electron chi connectivity index (χ0n) is 25.2. The van der Waals surface area contributed by atoms with Gasteiger partial charge in [-0.15, -0.1) is 0 Å². The maximum absolute atomic E-state index is 13.4. The topological polar surface area (TPSA) is 37.3 Å². The molecule has 0 aromatic heterocycles. The molecule has 0 heterocycles. The van der Waals surface area contributed by atoms with Crippen LogP contribution in [0.3, 0.4) is 0 Å². The van der Waals surface area contributed by atoms with Gasteiger partial charge in [0.1, 0.15) is 0 Å². The highest BCUT2D eigenvalue weighted by atomic mass is 16.3. The Labute approximate surface area is 227 Å². The fourth-order valence-corrected chi connectivity index (χ4v) is 12.4. The van der Waals surface area contributed by atoms with Crippen LogP contribution in [-0.4, -0.2) is 17.5 Å². The van der Waals surface area contributed by atoms with E-state index in [4.69, 9.17) is 0 Å². The Bertz CT molecular complexity index is 985. The second-order valence-corrected chi connectivity index (χ2v) is 16.7. The lowest BCUT2D eigenvalue weighted by Crippen LogP contribution is -2.65. The highest BCUT2D eigenvalue weighted by Gasteiger charge is 2.69. The Morgan fingerprint density at radius 1 is 0.811 bits per heavy atom. The van der Waals surface area contributed by atoms with Gasteiger partial charge in [-0.1, -0.05) is 73.3 Å². The van der Waals surface area contributed by atoms with Gasteiger partial charge in [-0.3, -0.25) is 4.79 Å². The normalized spacial score (nSPS) is 48.9. The number of fused-ring (bicyclic) bond motifs is 7. The van der Waals surface area contributed by atoms with Gasteiger partial charge in [0.2, 0.25) is 0 Å². The number of hydrogen-bond donors (Lipinski definition) is 1. The van der Waals surface area contributed by atoms with Crippen molar-refractivity contribution in [3.63, 3.8) is 0 Å². The molecule has 5 saturated carbocycles. The van der Waals surface area contributed by atoms with Gasteiger partial charge in [-0.05, 0) is 121 Å². The van der Waals surface area contributed by atoms with Crippen molar-refractivity contribution in [2.45, 2.75) is 132 Å². The van der Waals surface area contributed by atoms with E-state index in [1.807, 2.05) is 0 Å². The maximum Gasteiger partial charge on any atom is 0.160 e. The molecule has 6 aliphatic carbocycles. The lowest BCUT2D eigenvalue weighted by atomic mass is 9.32. The lowest BCUT2D eigenvalue weighted by Gasteiger charge is -2.72. The van der Waals surface area contributed by atoms with E-state index in [9.17, 15) is 9.90 Å². The molecule has 0 amide bonds. The van der Waals surface area contributed by atoms with Crippen LogP contribution >= 0.6 is 0 Å². The summed E-state index contributed by atoms with van der Waals surface area (Å²) in [5, 5.41) is 10.7. The Morgan fingerprint density at radius 3 is 2.19 bits per heavy atom. The van der Waals surface area contributed by atoms with Crippen molar-refractivity contribution in [1.29, 1.82) is 0 Å². The number of aliphatic hydroxyl groups excluding tert-OH is 1. The van der Waals surface area contributed by atoms with Crippen LogP contribution < -0.4 is 0 Å². The number of aliphatic hydroxyl groups is 1. The Balaban J connectivity index is 1.35. The first-order valence-electron chi connectivity index (χ1n) is 16.2. The molecular weight excluding hydrogens is 452 g/mol. The van der Waals surface area contributed by atoms with Gasteiger partial charge < -0.3 is 5.11 Å². The van der Waals surface area contributed by atoms with Crippen LogP contribution in [0.5, 0.6) is 0 Å². The largest absolute Gasteiger partial charge is 0.395 e. The average molecular weight is 509 g/mol. The minimum atomic E-state index is -0.257. The van der Waals surface area contributed by atoms with E-state index in [-0.39, 0.29) is 23.4 Å². The highest BCUT2D eigenvalue weighted by Crippen LogP contribution is 2.77. The van der Waals surface area contributed by atoms with Crippen LogP contribution in [0.25, 0.3) is 0 Å². The molecule has 0 bridgehead atoms. The summed E-state index contributed by atoms with van der Waals surface area (Å²) in [6.07, 6.45) is 16.8. The predicted octanol–water partition coefficient (Wildman–Crippen LogP) is 8.77. The molecule has 0 aromatic rings. The zero-order valence-corrected chi connectivity index (χ0v) is 25.2. The zero-order chi connectivity index (χ0) is 26.6. The average Bonchev–Trinajstić information content (AvgIpc) is 3.59. The quantitative estimate of drug-likeness (QED) is 0.403. The predicted molar refractivity (Wildman–Crippen MR) is 152 cm³/mol. The second kappa shape index (κ2) is 8.44. The standard InChI is InChI=1S/C35H56O2/c1-22(2)29-26(37)20-35(21-36)19-18-33(6)25(30(29)35)12-13-28-32(5)16-14-24(11-10-23-8-9-23)31(3,4)27(32)15-17-34(28,33)7/h22-25,27-28,36H,8-21H2,1-7H3. The molecule has 208 valence electrons. The van der Waals surface area contributed by atoms with Crippen LogP contribution in [0.15, 0.2) is 11.1 Å². The summed E-state index contributed by atoms with van der Waals surface area (Å²) in [4.78, 5) is 13.4. The van der Waals surface area contributed by atoms with Crippen molar-refractivity contribution in [3.8, 4) is 0 Å². The minimum Gasteiger partial charge on any atom is -0.395 e. The minimum absolute atomic E-state index is 0.160. The molecular formula is C35H56O2. The monoisotopic (exact) mass is 508 g/mol. The summed E-state index contributed by atoms with van der Waals surface area (Å²) in [5.41, 5.74) is 3.73. The van der Waals surface area contributed by atoms with Crippen molar-refractivity contribution in [2.24, 2.45) is 62.6 Å². The van der Waals surface area contributed by atoms with Crippen molar-refractivity contribution in [1.82, 2.24) is 0 Å². The number of carbonyl (C=O) groups is 1. The van der Waals surface area contributed by atoms with Gasteiger partial charge in [0.05, 0.1) is 6.61 Å². The van der Waals surface area contributed by atoms with E-state index in [1.165, 1.54) is 76.2 Å².